The molecular formula is C23H21ClN4O. The van der Waals surface area contributed by atoms with E-state index in [0.717, 1.165) is 22.4 Å². The summed E-state index contributed by atoms with van der Waals surface area (Å²) in [6.45, 7) is 2.85. The van der Waals surface area contributed by atoms with Crippen molar-refractivity contribution in [3.8, 4) is 0 Å². The van der Waals surface area contributed by atoms with Gasteiger partial charge in [-0.15, -0.1) is 0 Å². The minimum absolute atomic E-state index is 0.0388. The molecule has 4 rings (SSSR count). The number of aromatic nitrogens is 1. The summed E-state index contributed by atoms with van der Waals surface area (Å²) in [5, 5.41) is 6.94. The number of carbonyl (C=O) groups is 1. The van der Waals surface area contributed by atoms with Crippen molar-refractivity contribution < 1.29 is 4.79 Å². The van der Waals surface area contributed by atoms with Crippen LogP contribution in [0.1, 0.15) is 29.8 Å². The van der Waals surface area contributed by atoms with E-state index in [1.807, 2.05) is 61.5 Å². The Morgan fingerprint density at radius 3 is 2.55 bits per heavy atom. The minimum atomic E-state index is -0.307. The Bertz CT molecular complexity index is 1010. The first-order chi connectivity index (χ1) is 14.1. The van der Waals surface area contributed by atoms with Crippen molar-refractivity contribution in [3.05, 3.63) is 101 Å². The Balaban J connectivity index is 1.68. The molecule has 1 atom stereocenters. The first kappa shape index (κ1) is 19.3. The summed E-state index contributed by atoms with van der Waals surface area (Å²) >= 11 is 5.99. The van der Waals surface area contributed by atoms with Gasteiger partial charge >= 0.3 is 0 Å². The number of hydrazone groups is 1. The fourth-order valence-electron chi connectivity index (χ4n) is 3.49. The zero-order valence-corrected chi connectivity index (χ0v) is 16.8. The van der Waals surface area contributed by atoms with E-state index in [9.17, 15) is 4.79 Å². The van der Waals surface area contributed by atoms with Crippen LogP contribution in [0.3, 0.4) is 0 Å². The lowest BCUT2D eigenvalue weighted by Crippen LogP contribution is -2.29. The van der Waals surface area contributed by atoms with E-state index in [-0.39, 0.29) is 12.1 Å². The van der Waals surface area contributed by atoms with Gasteiger partial charge in [0.2, 0.25) is 0 Å². The maximum Gasteiger partial charge on any atom is 0.258 e. The van der Waals surface area contributed by atoms with Gasteiger partial charge in [0, 0.05) is 29.5 Å². The van der Waals surface area contributed by atoms with Gasteiger partial charge in [-0.25, -0.2) is 5.01 Å². The molecule has 1 aliphatic heterocycles. The number of carbonyl (C=O) groups excluding carboxylic acids is 1. The van der Waals surface area contributed by atoms with Gasteiger partial charge in [0.15, 0.2) is 0 Å². The van der Waals surface area contributed by atoms with Crippen molar-refractivity contribution in [1.82, 2.24) is 14.9 Å². The second-order valence-electron chi connectivity index (χ2n) is 6.98. The lowest BCUT2D eigenvalue weighted by molar-refractivity contribution is -0.128. The number of rotatable bonds is 5. The number of benzene rings is 2. The van der Waals surface area contributed by atoms with Crippen LogP contribution in [0.5, 0.6) is 0 Å². The summed E-state index contributed by atoms with van der Waals surface area (Å²) in [6, 6.07) is 21.4. The molecule has 0 radical (unpaired) electrons. The lowest BCUT2D eigenvalue weighted by Gasteiger charge is -2.27. The Morgan fingerprint density at radius 1 is 1.10 bits per heavy atom. The summed E-state index contributed by atoms with van der Waals surface area (Å²) in [4.78, 5) is 19.3. The summed E-state index contributed by atoms with van der Waals surface area (Å²) < 4.78 is 0. The summed E-state index contributed by atoms with van der Waals surface area (Å²) in [5.41, 5.74) is 3.76. The molecule has 0 N–H and O–H groups in total. The monoisotopic (exact) mass is 404 g/mol. The average molecular weight is 405 g/mol. The maximum atomic E-state index is 12.9. The fraction of sp³-hybridized carbons (Fsp3) is 0.174. The van der Waals surface area contributed by atoms with Crippen molar-refractivity contribution >= 4 is 23.2 Å². The summed E-state index contributed by atoms with van der Waals surface area (Å²) in [7, 11) is 0. The lowest BCUT2D eigenvalue weighted by atomic mass is 10.1. The third kappa shape index (κ3) is 4.36. The zero-order chi connectivity index (χ0) is 20.2. The van der Waals surface area contributed by atoms with Gasteiger partial charge in [-0.3, -0.25) is 14.7 Å². The smallest absolute Gasteiger partial charge is 0.258 e. The van der Waals surface area contributed by atoms with Crippen LogP contribution in [0.2, 0.25) is 5.02 Å². The third-order valence-electron chi connectivity index (χ3n) is 4.90. The molecule has 2 heterocycles. The first-order valence-electron chi connectivity index (χ1n) is 9.43. The van der Waals surface area contributed by atoms with Crippen LogP contribution < -0.4 is 0 Å². The molecule has 2 aromatic carbocycles. The molecule has 29 heavy (non-hydrogen) atoms. The zero-order valence-electron chi connectivity index (χ0n) is 16.1. The van der Waals surface area contributed by atoms with Crippen LogP contribution in [-0.4, -0.2) is 33.1 Å². The Hall–Kier alpha value is -3.02. The number of nitrogens with zero attached hydrogens (tertiary/aromatic N) is 4. The van der Waals surface area contributed by atoms with Crippen molar-refractivity contribution in [2.24, 2.45) is 5.10 Å². The van der Waals surface area contributed by atoms with E-state index in [0.29, 0.717) is 18.1 Å². The Morgan fingerprint density at radius 2 is 1.86 bits per heavy atom. The molecule has 1 amide bonds. The van der Waals surface area contributed by atoms with E-state index in [1.165, 1.54) is 0 Å². The third-order valence-corrected chi connectivity index (χ3v) is 5.15. The molecule has 1 aliphatic rings. The van der Waals surface area contributed by atoms with Gasteiger partial charge in [-0.05, 0) is 36.2 Å². The van der Waals surface area contributed by atoms with Crippen LogP contribution in [0.4, 0.5) is 0 Å². The largest absolute Gasteiger partial charge is 0.271 e. The van der Waals surface area contributed by atoms with Gasteiger partial charge in [0.25, 0.3) is 5.91 Å². The van der Waals surface area contributed by atoms with Gasteiger partial charge in [0.1, 0.15) is 6.17 Å². The van der Waals surface area contributed by atoms with E-state index in [4.69, 9.17) is 16.7 Å². The van der Waals surface area contributed by atoms with Crippen molar-refractivity contribution in [3.63, 3.8) is 0 Å². The number of halogens is 1. The maximum absolute atomic E-state index is 12.9. The molecule has 0 bridgehead atoms. The second-order valence-corrected chi connectivity index (χ2v) is 7.42. The molecule has 0 unspecified atom stereocenters. The average Bonchev–Trinajstić information content (AvgIpc) is 3.04. The SMILES string of the molecule is C/C(=N/N1C(=O)CN(Cc2ccccc2)[C@H]1c1cccnc1)c1ccc(Cl)cc1. The van der Waals surface area contributed by atoms with Gasteiger partial charge in [0.05, 0.1) is 12.3 Å². The molecule has 146 valence electrons. The van der Waals surface area contributed by atoms with Crippen LogP contribution in [0.15, 0.2) is 84.2 Å². The van der Waals surface area contributed by atoms with Gasteiger partial charge in [-0.2, -0.15) is 5.10 Å². The highest BCUT2D eigenvalue weighted by Crippen LogP contribution is 2.32. The number of hydrogen-bond acceptors (Lipinski definition) is 4. The number of hydrogen-bond donors (Lipinski definition) is 0. The molecular weight excluding hydrogens is 384 g/mol. The summed E-state index contributed by atoms with van der Waals surface area (Å²) in [6.07, 6.45) is 3.22. The van der Waals surface area contributed by atoms with E-state index >= 15 is 0 Å². The highest BCUT2D eigenvalue weighted by Gasteiger charge is 2.39. The normalized spacial score (nSPS) is 17.7. The minimum Gasteiger partial charge on any atom is -0.271 e. The second kappa shape index (κ2) is 8.55. The van der Waals surface area contributed by atoms with Crippen molar-refractivity contribution in [1.29, 1.82) is 0 Å². The van der Waals surface area contributed by atoms with Crippen LogP contribution >= 0.6 is 11.6 Å². The predicted molar refractivity (Wildman–Crippen MR) is 114 cm³/mol. The molecule has 0 aliphatic carbocycles. The van der Waals surface area contributed by atoms with E-state index < -0.39 is 0 Å². The van der Waals surface area contributed by atoms with Gasteiger partial charge < -0.3 is 0 Å². The quantitative estimate of drug-likeness (QED) is 0.588. The Labute approximate surface area is 175 Å². The van der Waals surface area contributed by atoms with Crippen molar-refractivity contribution in [2.75, 3.05) is 6.54 Å². The number of amides is 1. The Kier molecular flexibility index (Phi) is 5.69. The molecule has 1 saturated heterocycles. The number of pyridine rings is 1. The van der Waals surface area contributed by atoms with E-state index in [1.54, 1.807) is 17.4 Å². The van der Waals surface area contributed by atoms with E-state index in [2.05, 4.69) is 22.0 Å². The van der Waals surface area contributed by atoms with Crippen LogP contribution in [0.25, 0.3) is 0 Å². The molecule has 6 heteroatoms. The van der Waals surface area contributed by atoms with Crippen molar-refractivity contribution in [2.45, 2.75) is 19.6 Å². The predicted octanol–water partition coefficient (Wildman–Crippen LogP) is 4.50. The molecule has 3 aromatic rings. The fourth-order valence-corrected chi connectivity index (χ4v) is 3.61. The highest BCUT2D eigenvalue weighted by atomic mass is 35.5. The van der Waals surface area contributed by atoms with Crippen LogP contribution in [-0.2, 0) is 11.3 Å². The topological polar surface area (TPSA) is 48.8 Å². The molecule has 0 saturated carbocycles. The summed E-state index contributed by atoms with van der Waals surface area (Å²) in [5.74, 6) is -0.0388. The molecule has 1 aromatic heterocycles. The molecule has 0 spiro atoms. The van der Waals surface area contributed by atoms with Gasteiger partial charge in [-0.1, -0.05) is 60.1 Å². The molecule has 5 nitrogen and oxygen atoms in total. The highest BCUT2D eigenvalue weighted by molar-refractivity contribution is 6.30. The van der Waals surface area contributed by atoms with Crippen LogP contribution in [0, 0.1) is 0 Å². The molecule has 1 fully saturated rings. The standard InChI is InChI=1S/C23H21ClN4O/c1-17(19-9-11-21(24)12-10-19)26-28-22(29)16-27(15-18-6-3-2-4-7-18)23(28)20-8-5-13-25-14-20/h2-14,23H,15-16H2,1H3/b26-17-/t23-/m1/s1. The first-order valence-corrected chi connectivity index (χ1v) is 9.81.